The maximum Gasteiger partial charge on any atom is 0.176 e. The van der Waals surface area contributed by atoms with Crippen molar-refractivity contribution >= 4 is 17.2 Å². The lowest BCUT2D eigenvalue weighted by molar-refractivity contribution is 0.0978. The molecule has 0 spiro atoms. The average molecular weight is 311 g/mol. The zero-order chi connectivity index (χ0) is 16.4. The van der Waals surface area contributed by atoms with Crippen LogP contribution in [0.4, 0.5) is 5.69 Å². The molecule has 3 aromatic carbocycles. The third-order valence-electron chi connectivity index (χ3n) is 4.32. The lowest BCUT2D eigenvalue weighted by Gasteiger charge is -2.12. The van der Waals surface area contributed by atoms with E-state index in [1.54, 1.807) is 0 Å². The van der Waals surface area contributed by atoms with Crippen molar-refractivity contribution in [3.8, 4) is 0 Å². The van der Waals surface area contributed by atoms with Crippen LogP contribution in [0.1, 0.15) is 27.4 Å². The fraction of sp³-hybridized carbons (Fsp3) is 0.0455. The number of carbonyl (C=O) groups is 1. The first-order chi connectivity index (χ1) is 11.8. The van der Waals surface area contributed by atoms with E-state index in [0.717, 1.165) is 28.1 Å². The van der Waals surface area contributed by atoms with Crippen LogP contribution in [0.3, 0.4) is 0 Å². The SMILES string of the molecule is O=C1c2ccccc2NC(c2ccccc2)=CC1c1ccccc1. The molecule has 1 unspecified atom stereocenters. The highest BCUT2D eigenvalue weighted by molar-refractivity contribution is 6.09. The Morgan fingerprint density at radius 1 is 0.708 bits per heavy atom. The molecule has 0 amide bonds. The summed E-state index contributed by atoms with van der Waals surface area (Å²) in [5.74, 6) is -0.173. The fourth-order valence-electron chi connectivity index (χ4n) is 3.10. The lowest BCUT2D eigenvalue weighted by Crippen LogP contribution is -2.10. The molecule has 0 saturated heterocycles. The predicted octanol–water partition coefficient (Wildman–Crippen LogP) is 5.12. The van der Waals surface area contributed by atoms with E-state index in [0.29, 0.717) is 0 Å². The number of fused-ring (bicyclic) bond motifs is 1. The van der Waals surface area contributed by atoms with Gasteiger partial charge in [0.05, 0.1) is 5.92 Å². The molecule has 1 aliphatic heterocycles. The number of carbonyl (C=O) groups excluding carboxylic acids is 1. The highest BCUT2D eigenvalue weighted by atomic mass is 16.1. The highest BCUT2D eigenvalue weighted by Gasteiger charge is 2.26. The zero-order valence-corrected chi connectivity index (χ0v) is 13.1. The summed E-state index contributed by atoms with van der Waals surface area (Å²) in [6.45, 7) is 0. The summed E-state index contributed by atoms with van der Waals surface area (Å²) in [6, 6.07) is 27.8. The number of Topliss-reactive ketones (excluding diaryl/α,β-unsaturated/α-hetero) is 1. The Kier molecular flexibility index (Phi) is 3.72. The van der Waals surface area contributed by atoms with Gasteiger partial charge in [0.1, 0.15) is 0 Å². The van der Waals surface area contributed by atoms with E-state index in [9.17, 15) is 4.79 Å². The summed E-state index contributed by atoms with van der Waals surface area (Å²) < 4.78 is 0. The Labute approximate surface area is 141 Å². The summed E-state index contributed by atoms with van der Waals surface area (Å²) >= 11 is 0. The van der Waals surface area contributed by atoms with Crippen molar-refractivity contribution < 1.29 is 4.79 Å². The summed E-state index contributed by atoms with van der Waals surface area (Å²) in [6.07, 6.45) is 2.03. The molecule has 1 atom stereocenters. The summed E-state index contributed by atoms with van der Waals surface area (Å²) in [7, 11) is 0. The van der Waals surface area contributed by atoms with Crippen LogP contribution in [0.15, 0.2) is 91.0 Å². The van der Waals surface area contributed by atoms with Crippen LogP contribution in [0.5, 0.6) is 0 Å². The van der Waals surface area contributed by atoms with E-state index in [2.05, 4.69) is 17.4 Å². The third-order valence-corrected chi connectivity index (χ3v) is 4.32. The topological polar surface area (TPSA) is 29.1 Å². The van der Waals surface area contributed by atoms with Gasteiger partial charge in [-0.05, 0) is 29.3 Å². The maximum absolute atomic E-state index is 13.1. The number of allylic oxidation sites excluding steroid dienone is 1. The Morgan fingerprint density at radius 3 is 2.08 bits per heavy atom. The number of benzene rings is 3. The molecule has 0 bridgehead atoms. The maximum atomic E-state index is 13.1. The van der Waals surface area contributed by atoms with Gasteiger partial charge in [0.2, 0.25) is 0 Å². The quantitative estimate of drug-likeness (QED) is 0.711. The van der Waals surface area contributed by atoms with Crippen LogP contribution in [0.2, 0.25) is 0 Å². The first-order valence-electron chi connectivity index (χ1n) is 8.05. The molecule has 4 rings (SSSR count). The number of para-hydroxylation sites is 1. The number of anilines is 1. The Morgan fingerprint density at radius 2 is 1.33 bits per heavy atom. The number of hydrogen-bond acceptors (Lipinski definition) is 2. The molecule has 0 aromatic heterocycles. The molecule has 0 fully saturated rings. The van der Waals surface area contributed by atoms with Gasteiger partial charge in [-0.2, -0.15) is 0 Å². The van der Waals surface area contributed by atoms with E-state index in [4.69, 9.17) is 0 Å². The number of ketones is 1. The molecule has 3 aromatic rings. The minimum atomic E-state index is -0.294. The number of nitrogens with one attached hydrogen (secondary N) is 1. The van der Waals surface area contributed by atoms with Gasteiger partial charge in [-0.3, -0.25) is 4.79 Å². The molecule has 2 heteroatoms. The second-order valence-corrected chi connectivity index (χ2v) is 5.87. The van der Waals surface area contributed by atoms with E-state index in [1.807, 2.05) is 78.9 Å². The molecular weight excluding hydrogens is 294 g/mol. The smallest absolute Gasteiger partial charge is 0.176 e. The van der Waals surface area contributed by atoms with Crippen molar-refractivity contribution in [3.05, 3.63) is 108 Å². The van der Waals surface area contributed by atoms with Crippen molar-refractivity contribution in [1.29, 1.82) is 0 Å². The molecule has 0 radical (unpaired) electrons. The van der Waals surface area contributed by atoms with Gasteiger partial charge < -0.3 is 5.32 Å². The van der Waals surface area contributed by atoms with Crippen LogP contribution >= 0.6 is 0 Å². The van der Waals surface area contributed by atoms with Gasteiger partial charge in [0.25, 0.3) is 0 Å². The van der Waals surface area contributed by atoms with Gasteiger partial charge in [-0.1, -0.05) is 72.8 Å². The predicted molar refractivity (Wildman–Crippen MR) is 98.0 cm³/mol. The van der Waals surface area contributed by atoms with Crippen LogP contribution in [0, 0.1) is 0 Å². The highest BCUT2D eigenvalue weighted by Crippen LogP contribution is 2.34. The van der Waals surface area contributed by atoms with Gasteiger partial charge in [0.15, 0.2) is 5.78 Å². The van der Waals surface area contributed by atoms with Gasteiger partial charge in [-0.25, -0.2) is 0 Å². The fourth-order valence-corrected chi connectivity index (χ4v) is 3.10. The molecule has 1 heterocycles. The van der Waals surface area contributed by atoms with E-state index in [1.165, 1.54) is 0 Å². The second kappa shape index (κ2) is 6.17. The monoisotopic (exact) mass is 311 g/mol. The Hall–Kier alpha value is -3.13. The standard InChI is InChI=1S/C22H17NO/c24-22-18-13-7-8-14-20(18)23-21(17-11-5-2-6-12-17)15-19(22)16-9-3-1-4-10-16/h1-15,19,23H. The van der Waals surface area contributed by atoms with Crippen molar-refractivity contribution in [2.24, 2.45) is 0 Å². The largest absolute Gasteiger partial charge is 0.355 e. The van der Waals surface area contributed by atoms with Crippen molar-refractivity contribution in [1.82, 2.24) is 0 Å². The molecule has 24 heavy (non-hydrogen) atoms. The first kappa shape index (κ1) is 14.5. The van der Waals surface area contributed by atoms with Gasteiger partial charge in [-0.15, -0.1) is 0 Å². The Bertz CT molecular complexity index is 898. The Balaban J connectivity index is 1.89. The molecule has 116 valence electrons. The van der Waals surface area contributed by atoms with E-state index >= 15 is 0 Å². The van der Waals surface area contributed by atoms with Crippen LogP contribution < -0.4 is 5.32 Å². The summed E-state index contributed by atoms with van der Waals surface area (Å²) in [5, 5.41) is 3.45. The van der Waals surface area contributed by atoms with Crippen LogP contribution in [-0.2, 0) is 0 Å². The normalized spacial score (nSPS) is 16.6. The first-order valence-corrected chi connectivity index (χ1v) is 8.05. The van der Waals surface area contributed by atoms with Crippen molar-refractivity contribution in [2.75, 3.05) is 5.32 Å². The van der Waals surface area contributed by atoms with Crippen molar-refractivity contribution in [2.45, 2.75) is 5.92 Å². The molecule has 1 aliphatic rings. The van der Waals surface area contributed by atoms with Gasteiger partial charge >= 0.3 is 0 Å². The minimum Gasteiger partial charge on any atom is -0.355 e. The van der Waals surface area contributed by atoms with Crippen LogP contribution in [0.25, 0.3) is 5.70 Å². The van der Waals surface area contributed by atoms with Crippen LogP contribution in [-0.4, -0.2) is 5.78 Å². The molecule has 2 nitrogen and oxygen atoms in total. The lowest BCUT2D eigenvalue weighted by atomic mass is 9.90. The molecule has 1 N–H and O–H groups in total. The second-order valence-electron chi connectivity index (χ2n) is 5.87. The summed E-state index contributed by atoms with van der Waals surface area (Å²) in [5.41, 5.74) is 4.63. The number of hydrogen-bond donors (Lipinski definition) is 1. The van der Waals surface area contributed by atoms with E-state index < -0.39 is 0 Å². The molecule has 0 saturated carbocycles. The zero-order valence-electron chi connectivity index (χ0n) is 13.1. The summed E-state index contributed by atoms with van der Waals surface area (Å²) in [4.78, 5) is 13.1. The third kappa shape index (κ3) is 2.63. The molecule has 0 aliphatic carbocycles. The van der Waals surface area contributed by atoms with Gasteiger partial charge in [0, 0.05) is 16.9 Å². The number of rotatable bonds is 2. The van der Waals surface area contributed by atoms with Crippen molar-refractivity contribution in [3.63, 3.8) is 0 Å². The minimum absolute atomic E-state index is 0.121. The molecular formula is C22H17NO. The van der Waals surface area contributed by atoms with E-state index in [-0.39, 0.29) is 11.7 Å². The average Bonchev–Trinajstić information content (AvgIpc) is 2.80.